The second-order valence-electron chi connectivity index (χ2n) is 8.34. The highest BCUT2D eigenvalue weighted by Gasteiger charge is 2.47. The number of nitrogens with two attached hydrogens (primary N) is 1. The second kappa shape index (κ2) is 8.62. The lowest BCUT2D eigenvalue weighted by Crippen LogP contribution is -2.42. The van der Waals surface area contributed by atoms with Crippen LogP contribution in [-0.4, -0.2) is 50.8 Å². The molecule has 3 atom stereocenters. The first-order valence-electron chi connectivity index (χ1n) is 10.5. The number of benzene rings is 1. The number of allylic oxidation sites excluding steroid dienone is 1. The molecule has 1 fully saturated rings. The summed E-state index contributed by atoms with van der Waals surface area (Å²) in [5.74, 6) is -0.0768. The first kappa shape index (κ1) is 20.6. The first-order chi connectivity index (χ1) is 14.5. The average Bonchev–Trinajstić information content (AvgIpc) is 3.20. The van der Waals surface area contributed by atoms with E-state index in [1.807, 2.05) is 36.4 Å². The van der Waals surface area contributed by atoms with E-state index in [9.17, 15) is 9.59 Å². The molecule has 2 amide bonds. The SMILES string of the molecule is CC1(C(N)=O)CC(C(=O)NCC[C@@H]2CNCCO2)=CC2=C1OCC2c1ccccc1. The molecule has 1 saturated heterocycles. The Kier molecular flexibility index (Phi) is 5.92. The van der Waals surface area contributed by atoms with Gasteiger partial charge in [0, 0.05) is 36.7 Å². The highest BCUT2D eigenvalue weighted by atomic mass is 16.5. The fourth-order valence-electron chi connectivity index (χ4n) is 4.41. The molecule has 1 aliphatic carbocycles. The summed E-state index contributed by atoms with van der Waals surface area (Å²) in [4.78, 5) is 25.3. The van der Waals surface area contributed by atoms with E-state index in [-0.39, 0.29) is 24.3 Å². The molecule has 1 aromatic carbocycles. The van der Waals surface area contributed by atoms with Crippen molar-refractivity contribution in [3.05, 3.63) is 58.9 Å². The normalized spacial score (nSPS) is 28.4. The van der Waals surface area contributed by atoms with Crippen molar-refractivity contribution < 1.29 is 19.1 Å². The molecule has 1 aromatic rings. The quantitative estimate of drug-likeness (QED) is 0.656. The molecule has 0 saturated carbocycles. The van der Waals surface area contributed by atoms with Gasteiger partial charge in [-0.05, 0) is 31.4 Å². The fraction of sp³-hybridized carbons (Fsp3) is 0.478. The lowest BCUT2D eigenvalue weighted by Gasteiger charge is -2.31. The molecular weight excluding hydrogens is 382 g/mol. The molecule has 0 aromatic heterocycles. The molecule has 7 nitrogen and oxygen atoms in total. The summed E-state index contributed by atoms with van der Waals surface area (Å²) in [7, 11) is 0. The van der Waals surface area contributed by atoms with Gasteiger partial charge >= 0.3 is 0 Å². The summed E-state index contributed by atoms with van der Waals surface area (Å²) in [6.07, 6.45) is 2.97. The Morgan fingerprint density at radius 2 is 2.10 bits per heavy atom. The van der Waals surface area contributed by atoms with Gasteiger partial charge in [-0.3, -0.25) is 9.59 Å². The maximum absolute atomic E-state index is 12.9. The van der Waals surface area contributed by atoms with Crippen molar-refractivity contribution in [2.45, 2.75) is 31.8 Å². The molecule has 30 heavy (non-hydrogen) atoms. The summed E-state index contributed by atoms with van der Waals surface area (Å²) in [6, 6.07) is 9.98. The zero-order valence-electron chi connectivity index (χ0n) is 17.3. The van der Waals surface area contributed by atoms with Gasteiger partial charge in [0.05, 0.1) is 19.3 Å². The molecular formula is C23H29N3O4. The lowest BCUT2D eigenvalue weighted by atomic mass is 9.73. The molecule has 7 heteroatoms. The Bertz CT molecular complexity index is 874. The Labute approximate surface area is 176 Å². The zero-order valence-corrected chi connectivity index (χ0v) is 17.3. The third-order valence-electron chi connectivity index (χ3n) is 6.20. The minimum atomic E-state index is -1.03. The molecule has 0 radical (unpaired) electrons. The molecule has 2 heterocycles. The summed E-state index contributed by atoms with van der Waals surface area (Å²) >= 11 is 0. The lowest BCUT2D eigenvalue weighted by molar-refractivity contribution is -0.127. The fourth-order valence-corrected chi connectivity index (χ4v) is 4.41. The van der Waals surface area contributed by atoms with E-state index in [1.54, 1.807) is 6.92 Å². The van der Waals surface area contributed by atoms with Crippen LogP contribution in [-0.2, 0) is 19.1 Å². The molecule has 0 spiro atoms. The van der Waals surface area contributed by atoms with Gasteiger partial charge in [-0.15, -0.1) is 0 Å². The van der Waals surface area contributed by atoms with E-state index >= 15 is 0 Å². The van der Waals surface area contributed by atoms with Gasteiger partial charge in [0.1, 0.15) is 11.2 Å². The summed E-state index contributed by atoms with van der Waals surface area (Å²) < 4.78 is 11.6. The standard InChI is InChI=1S/C23H29N3O4/c1-23(22(24)28)12-16(21(27)26-8-7-17-13-25-9-10-29-17)11-18-19(14-30-20(18)23)15-5-3-2-4-6-15/h2-6,11,17,19,25H,7-10,12-14H2,1H3,(H2,24,28)(H,26,27)/t17-,19?,23?/m1/s1. The van der Waals surface area contributed by atoms with E-state index in [2.05, 4.69) is 10.6 Å². The highest BCUT2D eigenvalue weighted by Crippen LogP contribution is 2.49. The van der Waals surface area contributed by atoms with Crippen LogP contribution in [0.25, 0.3) is 0 Å². The number of hydrogen-bond acceptors (Lipinski definition) is 5. The van der Waals surface area contributed by atoms with Gasteiger partial charge in [-0.2, -0.15) is 0 Å². The van der Waals surface area contributed by atoms with Crippen LogP contribution in [0.1, 0.15) is 31.2 Å². The van der Waals surface area contributed by atoms with E-state index < -0.39 is 11.3 Å². The third-order valence-corrected chi connectivity index (χ3v) is 6.20. The van der Waals surface area contributed by atoms with Gasteiger partial charge in [-0.25, -0.2) is 0 Å². The monoisotopic (exact) mass is 411 g/mol. The topological polar surface area (TPSA) is 103 Å². The van der Waals surface area contributed by atoms with Gasteiger partial charge in [0.25, 0.3) is 0 Å². The van der Waals surface area contributed by atoms with Crippen LogP contribution < -0.4 is 16.4 Å². The Morgan fingerprint density at radius 3 is 2.80 bits per heavy atom. The van der Waals surface area contributed by atoms with Gasteiger partial charge in [0.15, 0.2) is 0 Å². The summed E-state index contributed by atoms with van der Waals surface area (Å²) in [5.41, 5.74) is 7.26. The number of rotatable bonds is 6. The van der Waals surface area contributed by atoms with Crippen LogP contribution in [0.3, 0.4) is 0 Å². The Morgan fingerprint density at radius 1 is 1.30 bits per heavy atom. The Hall–Kier alpha value is -2.64. The number of ether oxygens (including phenoxy) is 2. The van der Waals surface area contributed by atoms with Crippen LogP contribution in [0, 0.1) is 5.41 Å². The van der Waals surface area contributed by atoms with Crippen molar-refractivity contribution in [3.8, 4) is 0 Å². The van der Waals surface area contributed by atoms with Crippen LogP contribution in [0.5, 0.6) is 0 Å². The maximum Gasteiger partial charge on any atom is 0.247 e. The van der Waals surface area contributed by atoms with Crippen molar-refractivity contribution in [2.75, 3.05) is 32.8 Å². The average molecular weight is 412 g/mol. The van der Waals surface area contributed by atoms with E-state index in [1.165, 1.54) is 0 Å². The van der Waals surface area contributed by atoms with E-state index in [0.717, 1.165) is 30.6 Å². The van der Waals surface area contributed by atoms with Crippen molar-refractivity contribution in [1.82, 2.24) is 10.6 Å². The number of hydrogen-bond donors (Lipinski definition) is 3. The van der Waals surface area contributed by atoms with Gasteiger partial charge in [-0.1, -0.05) is 30.3 Å². The highest BCUT2D eigenvalue weighted by molar-refractivity contribution is 5.97. The Balaban J connectivity index is 1.53. The van der Waals surface area contributed by atoms with Crippen molar-refractivity contribution in [2.24, 2.45) is 11.1 Å². The van der Waals surface area contributed by atoms with E-state index in [0.29, 0.717) is 31.1 Å². The van der Waals surface area contributed by atoms with Gasteiger partial charge in [0.2, 0.25) is 11.8 Å². The predicted molar refractivity (Wildman–Crippen MR) is 112 cm³/mol. The minimum absolute atomic E-state index is 0.0234. The number of amides is 2. The molecule has 3 aliphatic rings. The molecule has 4 N–H and O–H groups in total. The summed E-state index contributed by atoms with van der Waals surface area (Å²) in [5, 5.41) is 6.27. The number of morpholine rings is 1. The molecule has 0 bridgehead atoms. The summed E-state index contributed by atoms with van der Waals surface area (Å²) in [6.45, 7) is 5.07. The third kappa shape index (κ3) is 4.00. The number of carbonyl (C=O) groups is 2. The number of carbonyl (C=O) groups excluding carboxylic acids is 2. The van der Waals surface area contributed by atoms with Crippen LogP contribution in [0.2, 0.25) is 0 Å². The van der Waals surface area contributed by atoms with Crippen LogP contribution in [0.15, 0.2) is 53.3 Å². The van der Waals surface area contributed by atoms with Crippen LogP contribution >= 0.6 is 0 Å². The number of primary amides is 1. The number of nitrogens with one attached hydrogen (secondary N) is 2. The van der Waals surface area contributed by atoms with Crippen molar-refractivity contribution in [3.63, 3.8) is 0 Å². The maximum atomic E-state index is 12.9. The van der Waals surface area contributed by atoms with Gasteiger partial charge < -0.3 is 25.8 Å². The largest absolute Gasteiger partial charge is 0.495 e. The minimum Gasteiger partial charge on any atom is -0.495 e. The molecule has 2 unspecified atom stereocenters. The molecule has 2 aliphatic heterocycles. The zero-order chi connectivity index (χ0) is 21.1. The molecule has 4 rings (SSSR count). The predicted octanol–water partition coefficient (Wildman–Crippen LogP) is 1.37. The van der Waals surface area contributed by atoms with Crippen LogP contribution in [0.4, 0.5) is 0 Å². The van der Waals surface area contributed by atoms with E-state index in [4.69, 9.17) is 15.2 Å². The second-order valence-corrected chi connectivity index (χ2v) is 8.34. The van der Waals surface area contributed by atoms with Crippen molar-refractivity contribution in [1.29, 1.82) is 0 Å². The van der Waals surface area contributed by atoms with Crippen molar-refractivity contribution >= 4 is 11.8 Å². The molecule has 160 valence electrons. The smallest absolute Gasteiger partial charge is 0.247 e. The first-order valence-corrected chi connectivity index (χ1v) is 10.5.